The zero-order valence-corrected chi connectivity index (χ0v) is 27.6. The fourth-order valence-corrected chi connectivity index (χ4v) is 3.67. The van der Waals surface area contributed by atoms with Crippen molar-refractivity contribution in [3.05, 3.63) is 35.0 Å². The van der Waals surface area contributed by atoms with Crippen LogP contribution in [0.4, 0.5) is 0 Å². The molecular weight excluding hydrogens is 648 g/mol. The van der Waals surface area contributed by atoms with Gasteiger partial charge in [-0.15, -0.1) is 0 Å². The topological polar surface area (TPSA) is 187 Å². The van der Waals surface area contributed by atoms with Gasteiger partial charge in [0.15, 0.2) is 0 Å². The maximum absolute atomic E-state index is 12.4. The molecule has 3 amide bonds. The van der Waals surface area contributed by atoms with Gasteiger partial charge in [-0.1, -0.05) is 32.8 Å². The fourth-order valence-electron chi connectivity index (χ4n) is 3.15. The first-order valence-corrected chi connectivity index (χ1v) is 14.7. The number of unbranched alkanes of at least 4 members (excludes halogenated alkanes) is 1. The quantitative estimate of drug-likeness (QED) is 0.0617. The number of ether oxygens (including phenoxy) is 2. The van der Waals surface area contributed by atoms with Crippen LogP contribution >= 0.6 is 0 Å². The largest absolute Gasteiger partial charge is 2.00 e. The normalized spacial score (nSPS) is 17.8. The SMILES string of the molecule is C/C=C1/CNCCOCCOCCNC(=O)c2ccc([n+](O)c2[S-])C(=O)NCCCNC(=O)C[NH+]=C1[S-].CCCC.O.[Cu+2]. The second kappa shape index (κ2) is 26.0. The van der Waals surface area contributed by atoms with Crippen LogP contribution in [0.15, 0.2) is 28.8 Å². The van der Waals surface area contributed by atoms with Gasteiger partial charge in [0.25, 0.3) is 11.8 Å². The smallest absolute Gasteiger partial charge is 0.711 e. The van der Waals surface area contributed by atoms with Crippen LogP contribution in [0.3, 0.4) is 0 Å². The molecule has 1 aromatic rings. The van der Waals surface area contributed by atoms with E-state index in [2.05, 4.69) is 40.1 Å². The van der Waals surface area contributed by atoms with E-state index in [4.69, 9.17) is 34.7 Å². The van der Waals surface area contributed by atoms with Crippen molar-refractivity contribution >= 4 is 48.0 Å². The number of nitrogens with zero attached hydrogens (tertiary/aromatic N) is 1. The minimum atomic E-state index is -0.570. The molecule has 13 nitrogen and oxygen atoms in total. The van der Waals surface area contributed by atoms with Gasteiger partial charge >= 0.3 is 28.7 Å². The molecule has 0 aromatic carbocycles. The molecule has 43 heavy (non-hydrogen) atoms. The van der Waals surface area contributed by atoms with Crippen molar-refractivity contribution in [1.29, 1.82) is 0 Å². The number of fused-ring (bicyclic) bond motifs is 23. The van der Waals surface area contributed by atoms with Crippen LogP contribution in [0.25, 0.3) is 0 Å². The Hall–Kier alpha value is -2.43. The molecule has 247 valence electrons. The Balaban J connectivity index is 0. The van der Waals surface area contributed by atoms with E-state index in [9.17, 15) is 19.6 Å². The summed E-state index contributed by atoms with van der Waals surface area (Å²) in [6.45, 7) is 9.73. The Morgan fingerprint density at radius 2 is 1.53 bits per heavy atom. The summed E-state index contributed by atoms with van der Waals surface area (Å²) in [6, 6.07) is 2.69. The second-order valence-electron chi connectivity index (χ2n) is 8.86. The van der Waals surface area contributed by atoms with Crippen molar-refractivity contribution in [1.82, 2.24) is 21.3 Å². The summed E-state index contributed by atoms with van der Waals surface area (Å²) in [5.41, 5.74) is 0.807. The van der Waals surface area contributed by atoms with Gasteiger partial charge in [0.1, 0.15) is 5.03 Å². The van der Waals surface area contributed by atoms with Crippen molar-refractivity contribution in [3.63, 3.8) is 0 Å². The molecule has 3 heterocycles. The first-order chi connectivity index (χ1) is 19.8. The van der Waals surface area contributed by atoms with Crippen LogP contribution in [0, 0.1) is 0 Å². The first-order valence-electron chi connectivity index (χ1n) is 13.8. The van der Waals surface area contributed by atoms with Gasteiger partial charge in [0, 0.05) is 44.4 Å². The van der Waals surface area contributed by atoms with E-state index in [1.54, 1.807) is 0 Å². The van der Waals surface area contributed by atoms with E-state index in [1.807, 2.05) is 13.0 Å². The molecule has 2 bridgehead atoms. The molecule has 16 heteroatoms. The average Bonchev–Trinajstić information content (AvgIpc) is 2.97. The summed E-state index contributed by atoms with van der Waals surface area (Å²) in [5, 5.41) is 21.9. The maximum Gasteiger partial charge on any atom is 2.00 e. The van der Waals surface area contributed by atoms with Crippen LogP contribution in [0.5, 0.6) is 0 Å². The number of nitrogens with one attached hydrogen (secondary N) is 5. The molecule has 1 aromatic heterocycles. The number of amides is 3. The van der Waals surface area contributed by atoms with E-state index in [1.165, 1.54) is 25.0 Å². The maximum atomic E-state index is 12.4. The van der Waals surface area contributed by atoms with Crippen molar-refractivity contribution < 1.29 is 61.3 Å². The summed E-state index contributed by atoms with van der Waals surface area (Å²) in [5.74, 6) is -1.30. The zero-order chi connectivity index (χ0) is 30.5. The fraction of sp³-hybridized carbons (Fsp3) is 0.593. The Bertz CT molecular complexity index is 1050. The average molecular weight is 694 g/mol. The molecule has 8 N–H and O–H groups in total. The number of hydrogen-bond acceptors (Lipinski definition) is 9. The summed E-state index contributed by atoms with van der Waals surface area (Å²) in [7, 11) is 0. The molecular formula is C27H46CuN6O7S2+2. The van der Waals surface area contributed by atoms with Crippen molar-refractivity contribution in [2.75, 3.05) is 65.7 Å². The number of allylic oxidation sites excluding steroid dienone is 1. The Morgan fingerprint density at radius 1 is 0.930 bits per heavy atom. The van der Waals surface area contributed by atoms with Gasteiger partial charge in [-0.05, 0) is 24.1 Å². The summed E-state index contributed by atoms with van der Waals surface area (Å²) < 4.78 is 11.5. The van der Waals surface area contributed by atoms with Crippen LogP contribution in [0.2, 0.25) is 0 Å². The van der Waals surface area contributed by atoms with Crippen LogP contribution in [-0.4, -0.2) is 99.1 Å². The Kier molecular flexibility index (Phi) is 25.8. The minimum Gasteiger partial charge on any atom is -0.711 e. The van der Waals surface area contributed by atoms with Crippen LogP contribution in [-0.2, 0) is 56.6 Å². The molecule has 2 aliphatic rings. The Morgan fingerprint density at radius 3 is 2.16 bits per heavy atom. The third kappa shape index (κ3) is 17.5. The molecule has 0 saturated carbocycles. The van der Waals surface area contributed by atoms with Crippen LogP contribution in [0.1, 0.15) is 60.9 Å². The molecule has 0 saturated heterocycles. The van der Waals surface area contributed by atoms with Crippen molar-refractivity contribution in [2.24, 2.45) is 0 Å². The molecule has 0 unspecified atom stereocenters. The number of hydrogen-bond donors (Lipinski definition) is 6. The van der Waals surface area contributed by atoms with Crippen molar-refractivity contribution in [2.45, 2.75) is 45.1 Å². The van der Waals surface area contributed by atoms with Gasteiger partial charge in [0.05, 0.1) is 37.0 Å². The van der Waals surface area contributed by atoms with E-state index in [0.29, 0.717) is 55.6 Å². The number of aromatic nitrogens is 1. The molecule has 0 spiro atoms. The van der Waals surface area contributed by atoms with E-state index in [-0.39, 0.29) is 71.0 Å². The third-order valence-corrected chi connectivity index (χ3v) is 6.49. The van der Waals surface area contributed by atoms with Crippen LogP contribution < -0.4 is 31.0 Å². The predicted molar refractivity (Wildman–Crippen MR) is 162 cm³/mol. The molecule has 1 radical (unpaired) electrons. The zero-order valence-electron chi connectivity index (χ0n) is 25.0. The Labute approximate surface area is 275 Å². The second-order valence-corrected chi connectivity index (χ2v) is 9.66. The minimum absolute atomic E-state index is 0. The summed E-state index contributed by atoms with van der Waals surface area (Å²) in [4.78, 5) is 39.9. The van der Waals surface area contributed by atoms with Gasteiger partial charge in [-0.3, -0.25) is 24.6 Å². The van der Waals surface area contributed by atoms with E-state index in [0.717, 1.165) is 5.57 Å². The van der Waals surface area contributed by atoms with E-state index < -0.39 is 11.8 Å². The number of pyridine rings is 1. The van der Waals surface area contributed by atoms with Crippen molar-refractivity contribution in [3.8, 4) is 0 Å². The number of carbonyl (C=O) groups excluding carboxylic acids is 3. The standard InChI is InChI=1S/C23H34N6O6S2.C4H10.Cu.H2O/c1-2-16-14-24-8-10-34-12-13-35-11-9-27-20(31)17-4-5-18(29(33)23(17)37)21(32)26-7-3-6-25-19(30)15-28-22(16)36;1-3-4-2;;/h2,4-5,24,33H,3,6-15H2,1H3,(H4,25,26,27,28,30,31,32,36);3-4H2,1-2H3;;1H2/q;;+2;/b16-2-;;;. The molecule has 3 rings (SSSR count). The first kappa shape index (κ1) is 42.7. The van der Waals surface area contributed by atoms with Gasteiger partial charge in [-0.2, -0.15) is 0 Å². The molecule has 0 fully saturated rings. The predicted octanol–water partition coefficient (Wildman–Crippen LogP) is -2.33. The number of rotatable bonds is 1. The monoisotopic (exact) mass is 693 g/mol. The molecule has 0 atom stereocenters. The van der Waals surface area contributed by atoms with Gasteiger partial charge < -0.3 is 61.5 Å². The number of carbonyl (C=O) groups is 3. The van der Waals surface area contributed by atoms with Gasteiger partial charge in [0.2, 0.25) is 6.54 Å². The molecule has 0 aliphatic carbocycles. The molecule has 2 aliphatic heterocycles. The van der Waals surface area contributed by atoms with Gasteiger partial charge in [-0.25, -0.2) is 0 Å². The summed E-state index contributed by atoms with van der Waals surface area (Å²) in [6.07, 6.45) is 4.98. The third-order valence-electron chi connectivity index (χ3n) is 5.69. The summed E-state index contributed by atoms with van der Waals surface area (Å²) >= 11 is 10.5. The van der Waals surface area contributed by atoms with E-state index >= 15 is 0 Å².